The monoisotopic (exact) mass is 894 g/mol. The van der Waals surface area contributed by atoms with E-state index in [4.69, 9.17) is 5.73 Å². The minimum atomic E-state index is -0.647. The number of rotatable bonds is 19. The number of hydrogen-bond acceptors (Lipinski definition) is 12. The van der Waals surface area contributed by atoms with Crippen molar-refractivity contribution in [1.82, 2.24) is 35.3 Å². The number of nitrogens with two attached hydrogens (primary N) is 1. The number of amides is 6. The summed E-state index contributed by atoms with van der Waals surface area (Å²) >= 11 is 1.48. The Morgan fingerprint density at radius 2 is 1.62 bits per heavy atom. The van der Waals surface area contributed by atoms with E-state index in [-0.39, 0.29) is 54.3 Å². The maximum absolute atomic E-state index is 13.0. The molecule has 5 N–H and O–H groups in total. The van der Waals surface area contributed by atoms with Crippen LogP contribution < -0.4 is 26.6 Å². The number of fused-ring (bicyclic) bond motifs is 1. The molecule has 64 heavy (non-hydrogen) atoms. The second-order valence-corrected chi connectivity index (χ2v) is 18.9. The molecule has 17 heteroatoms. The van der Waals surface area contributed by atoms with E-state index in [0.29, 0.717) is 50.3 Å². The number of benzene rings is 2. The third kappa shape index (κ3) is 13.1. The van der Waals surface area contributed by atoms with E-state index in [9.17, 15) is 28.8 Å². The maximum Gasteiger partial charge on any atom is 0.255 e. The normalized spacial score (nSPS) is 18.8. The first-order valence-corrected chi connectivity index (χ1v) is 23.7. The van der Waals surface area contributed by atoms with Gasteiger partial charge in [-0.25, -0.2) is 9.97 Å². The number of nitrogens with zero attached hydrogens (tertiary/aromatic N) is 6. The molecule has 1 aromatic heterocycles. The SMILES string of the molecule is CC1(N)CCN(c2cnc(Sc3cccc(NC(=O)CCC(=O)N4CCN(CCCCCCCCC(=O)NCc5ccc6c(c5)CN(C5CCC(=O)NC5=O)C6=O)CC4)c3)cn2)CC1. The summed E-state index contributed by atoms with van der Waals surface area (Å²) in [6, 6.07) is 12.5. The molecule has 4 aliphatic heterocycles. The Bertz CT molecular complexity index is 2150. The fourth-order valence-corrected chi connectivity index (χ4v) is 9.49. The van der Waals surface area contributed by atoms with Crippen molar-refractivity contribution in [3.05, 3.63) is 71.5 Å². The number of unbranched alkanes of at least 4 members (excludes halogenated alkanes) is 5. The lowest BCUT2D eigenvalue weighted by Crippen LogP contribution is -2.52. The van der Waals surface area contributed by atoms with Crippen LogP contribution in [0.25, 0.3) is 0 Å². The summed E-state index contributed by atoms with van der Waals surface area (Å²) in [5.74, 6) is -0.268. The topological polar surface area (TPSA) is 203 Å². The Kier molecular flexibility index (Phi) is 16.0. The summed E-state index contributed by atoms with van der Waals surface area (Å²) < 4.78 is 0. The molecular weight excluding hydrogens is 833 g/mol. The lowest BCUT2D eigenvalue weighted by Gasteiger charge is -2.37. The van der Waals surface area contributed by atoms with Crippen molar-refractivity contribution in [2.75, 3.05) is 56.0 Å². The highest BCUT2D eigenvalue weighted by atomic mass is 32.2. The third-order valence-corrected chi connectivity index (χ3v) is 13.6. The number of piperazine rings is 1. The van der Waals surface area contributed by atoms with Crippen LogP contribution in [0.2, 0.25) is 0 Å². The minimum absolute atomic E-state index is 0.00200. The maximum atomic E-state index is 13.0. The Labute approximate surface area is 379 Å². The number of imide groups is 1. The summed E-state index contributed by atoms with van der Waals surface area (Å²) in [4.78, 5) is 93.3. The van der Waals surface area contributed by atoms with Crippen LogP contribution in [0.4, 0.5) is 11.5 Å². The van der Waals surface area contributed by atoms with Gasteiger partial charge in [-0.15, -0.1) is 0 Å². The highest BCUT2D eigenvalue weighted by Gasteiger charge is 2.39. The second kappa shape index (κ2) is 22.0. The fraction of sp³-hybridized carbons (Fsp3) is 0.532. The van der Waals surface area contributed by atoms with Gasteiger partial charge in [-0.2, -0.15) is 0 Å². The van der Waals surface area contributed by atoms with Gasteiger partial charge in [0.25, 0.3) is 5.91 Å². The molecule has 6 amide bonds. The van der Waals surface area contributed by atoms with Crippen LogP contribution in [0.5, 0.6) is 0 Å². The molecule has 5 heterocycles. The van der Waals surface area contributed by atoms with E-state index in [1.165, 1.54) is 16.7 Å². The molecule has 1 unspecified atom stereocenters. The average Bonchev–Trinajstić information content (AvgIpc) is 3.61. The van der Waals surface area contributed by atoms with Crippen molar-refractivity contribution in [2.24, 2.45) is 5.73 Å². The number of aromatic nitrogens is 2. The minimum Gasteiger partial charge on any atom is -0.355 e. The lowest BCUT2D eigenvalue weighted by atomic mass is 9.91. The molecule has 3 fully saturated rings. The van der Waals surface area contributed by atoms with E-state index in [1.807, 2.05) is 41.3 Å². The van der Waals surface area contributed by atoms with E-state index < -0.39 is 11.9 Å². The summed E-state index contributed by atoms with van der Waals surface area (Å²) in [6.45, 7) is 8.52. The van der Waals surface area contributed by atoms with Gasteiger partial charge < -0.3 is 31.1 Å². The first-order chi connectivity index (χ1) is 30.9. The molecule has 0 aliphatic carbocycles. The predicted molar refractivity (Wildman–Crippen MR) is 244 cm³/mol. The first-order valence-electron chi connectivity index (χ1n) is 22.9. The average molecular weight is 895 g/mol. The molecule has 0 spiro atoms. The Balaban J connectivity index is 0.695. The van der Waals surface area contributed by atoms with Crippen LogP contribution in [0.3, 0.4) is 0 Å². The van der Waals surface area contributed by atoms with Gasteiger partial charge in [0.15, 0.2) is 0 Å². The largest absolute Gasteiger partial charge is 0.355 e. The van der Waals surface area contributed by atoms with Gasteiger partial charge in [-0.1, -0.05) is 55.6 Å². The standard InChI is InChI=1S/C47H62N10O6S/c1-47(48)18-21-55(22-19-47)39-30-51-43(31-49-39)64-36-10-8-9-35(28-36)52-41(59)16-17-44(61)56-25-23-54(24-26-56)20-7-5-3-2-4-6-11-40(58)50-29-33-12-13-37-34(27-33)32-57(46(37)63)38-14-15-42(60)53-45(38)62/h8-10,12-13,27-28,30-31,38H,2-7,11,14-26,29,32,48H2,1H3,(H,50,58)(H,52,59)(H,53,60,62). The van der Waals surface area contributed by atoms with Crippen LogP contribution in [0.1, 0.15) is 112 Å². The van der Waals surface area contributed by atoms with Gasteiger partial charge >= 0.3 is 0 Å². The van der Waals surface area contributed by atoms with Gasteiger partial charge in [0.2, 0.25) is 29.5 Å². The molecule has 2 aromatic carbocycles. The molecule has 0 radical (unpaired) electrons. The smallest absolute Gasteiger partial charge is 0.255 e. The number of piperidine rings is 2. The zero-order chi connectivity index (χ0) is 45.1. The third-order valence-electron chi connectivity index (χ3n) is 12.7. The Morgan fingerprint density at radius 1 is 0.859 bits per heavy atom. The molecular formula is C47H62N10O6S. The summed E-state index contributed by atoms with van der Waals surface area (Å²) in [5.41, 5.74) is 9.11. The van der Waals surface area contributed by atoms with E-state index in [1.54, 1.807) is 18.5 Å². The number of anilines is 2. The molecule has 16 nitrogen and oxygen atoms in total. The quantitative estimate of drug-likeness (QED) is 0.0963. The van der Waals surface area contributed by atoms with E-state index in [2.05, 4.69) is 42.6 Å². The number of hydrogen-bond donors (Lipinski definition) is 4. The number of carbonyl (C=O) groups is 6. The lowest BCUT2D eigenvalue weighted by molar-refractivity contribution is -0.137. The molecule has 7 rings (SSSR count). The van der Waals surface area contributed by atoms with Crippen LogP contribution in [0.15, 0.2) is 64.8 Å². The van der Waals surface area contributed by atoms with Gasteiger partial charge in [-0.05, 0) is 81.0 Å². The van der Waals surface area contributed by atoms with Crippen molar-refractivity contribution < 1.29 is 28.8 Å². The van der Waals surface area contributed by atoms with Crippen LogP contribution in [-0.2, 0) is 37.1 Å². The highest BCUT2D eigenvalue weighted by Crippen LogP contribution is 2.30. The molecule has 3 saturated heterocycles. The summed E-state index contributed by atoms with van der Waals surface area (Å²) in [6.07, 6.45) is 13.0. The van der Waals surface area contributed by atoms with Crippen molar-refractivity contribution in [2.45, 2.75) is 125 Å². The second-order valence-electron chi connectivity index (χ2n) is 17.8. The predicted octanol–water partition coefficient (Wildman–Crippen LogP) is 4.62. The number of nitrogens with one attached hydrogen (secondary N) is 3. The van der Waals surface area contributed by atoms with Crippen molar-refractivity contribution in [3.63, 3.8) is 0 Å². The molecule has 4 aliphatic rings. The fourth-order valence-electron chi connectivity index (χ4n) is 8.71. The highest BCUT2D eigenvalue weighted by molar-refractivity contribution is 7.99. The molecule has 1 atom stereocenters. The van der Waals surface area contributed by atoms with Crippen molar-refractivity contribution >= 4 is 58.7 Å². The zero-order valence-corrected chi connectivity index (χ0v) is 37.8. The van der Waals surface area contributed by atoms with E-state index in [0.717, 1.165) is 111 Å². The molecule has 3 aromatic rings. The summed E-state index contributed by atoms with van der Waals surface area (Å²) in [5, 5.41) is 9.02. The molecule has 0 saturated carbocycles. The van der Waals surface area contributed by atoms with Crippen LogP contribution in [-0.4, -0.2) is 118 Å². The van der Waals surface area contributed by atoms with E-state index >= 15 is 0 Å². The Morgan fingerprint density at radius 3 is 2.38 bits per heavy atom. The zero-order valence-electron chi connectivity index (χ0n) is 36.9. The van der Waals surface area contributed by atoms with Crippen molar-refractivity contribution in [3.8, 4) is 0 Å². The van der Waals surface area contributed by atoms with Gasteiger partial charge in [0, 0.05) is 99.7 Å². The van der Waals surface area contributed by atoms with Gasteiger partial charge in [0.05, 0.1) is 12.4 Å². The molecule has 342 valence electrons. The van der Waals surface area contributed by atoms with Gasteiger partial charge in [-0.3, -0.25) is 39.0 Å². The van der Waals surface area contributed by atoms with Crippen molar-refractivity contribution in [1.29, 1.82) is 0 Å². The number of carbonyl (C=O) groups excluding carboxylic acids is 6. The summed E-state index contributed by atoms with van der Waals surface area (Å²) in [7, 11) is 0. The van der Waals surface area contributed by atoms with Crippen LogP contribution in [0, 0.1) is 0 Å². The van der Waals surface area contributed by atoms with Crippen LogP contribution >= 0.6 is 11.8 Å². The van der Waals surface area contributed by atoms with Gasteiger partial charge in [0.1, 0.15) is 16.9 Å². The Hall–Kier alpha value is -5.39. The molecule has 0 bridgehead atoms. The first kappa shape index (κ1) is 46.6.